The van der Waals surface area contributed by atoms with E-state index in [4.69, 9.17) is 5.73 Å². The van der Waals surface area contributed by atoms with Crippen LogP contribution in [0.3, 0.4) is 0 Å². The lowest BCUT2D eigenvalue weighted by atomic mass is 10.0. The van der Waals surface area contributed by atoms with Crippen molar-refractivity contribution < 1.29 is 9.36 Å². The summed E-state index contributed by atoms with van der Waals surface area (Å²) in [5.74, 6) is 0.584. The number of Topliss-reactive ketones (excluding diaryl/α,β-unsaturated/α-hetero) is 1. The van der Waals surface area contributed by atoms with E-state index < -0.39 is 0 Å². The number of anilines is 1. The molecule has 4 aromatic rings. The molecule has 4 nitrogen and oxygen atoms in total. The highest BCUT2D eigenvalue weighted by atomic mass is 16.1. The van der Waals surface area contributed by atoms with Crippen LogP contribution in [-0.4, -0.2) is 10.4 Å². The zero-order valence-electron chi connectivity index (χ0n) is 15.7. The summed E-state index contributed by atoms with van der Waals surface area (Å²) >= 11 is 0. The van der Waals surface area contributed by atoms with Crippen molar-refractivity contribution in [3.8, 4) is 22.4 Å². The molecular weight excluding hydrogens is 346 g/mol. The summed E-state index contributed by atoms with van der Waals surface area (Å²) in [5, 5.41) is 0. The lowest BCUT2D eigenvalue weighted by Gasteiger charge is -2.03. The number of carbonyl (C=O) groups excluding carboxylic acids is 1. The van der Waals surface area contributed by atoms with Crippen molar-refractivity contribution in [3.05, 3.63) is 96.7 Å². The number of carbonyl (C=O) groups is 1. The van der Waals surface area contributed by atoms with Crippen molar-refractivity contribution in [1.29, 1.82) is 0 Å². The molecule has 0 unspecified atom stereocenters. The Kier molecular flexibility index (Phi) is 4.77. The van der Waals surface area contributed by atoms with Crippen LogP contribution in [0.25, 0.3) is 22.4 Å². The maximum absolute atomic E-state index is 12.5. The Balaban J connectivity index is 1.61. The maximum atomic E-state index is 12.5. The van der Waals surface area contributed by atoms with E-state index in [2.05, 4.69) is 36.4 Å². The lowest BCUT2D eigenvalue weighted by molar-refractivity contribution is -0.667. The fraction of sp³-hybridized carbons (Fsp3) is 0.0833. The second-order valence-electron chi connectivity index (χ2n) is 6.79. The Morgan fingerprint density at radius 1 is 0.821 bits per heavy atom. The van der Waals surface area contributed by atoms with Crippen LogP contribution in [-0.2, 0) is 13.6 Å². The molecule has 0 aliphatic rings. The van der Waals surface area contributed by atoms with Gasteiger partial charge in [0, 0.05) is 11.1 Å². The van der Waals surface area contributed by atoms with Gasteiger partial charge in [0.2, 0.25) is 0 Å². The summed E-state index contributed by atoms with van der Waals surface area (Å²) in [6.07, 6.45) is 1.94. The minimum absolute atomic E-state index is 0.0360. The number of hydrogen-bond acceptors (Lipinski definition) is 2. The number of aromatic nitrogens is 2. The highest BCUT2D eigenvalue weighted by Gasteiger charge is 2.20. The number of hydrogen-bond donors (Lipinski definition) is 1. The number of nitrogens with zero attached hydrogens (tertiary/aromatic N) is 2. The fourth-order valence-corrected chi connectivity index (χ4v) is 3.35. The van der Waals surface area contributed by atoms with Crippen molar-refractivity contribution in [2.24, 2.45) is 7.05 Å². The fourth-order valence-electron chi connectivity index (χ4n) is 3.35. The third-order valence-electron chi connectivity index (χ3n) is 4.97. The molecule has 0 fully saturated rings. The van der Waals surface area contributed by atoms with E-state index in [1.165, 1.54) is 11.1 Å². The highest BCUT2D eigenvalue weighted by molar-refractivity contribution is 5.95. The Labute approximate surface area is 164 Å². The van der Waals surface area contributed by atoms with Crippen molar-refractivity contribution in [2.45, 2.75) is 6.54 Å². The van der Waals surface area contributed by atoms with Gasteiger partial charge in [-0.1, -0.05) is 84.9 Å². The molecule has 1 heterocycles. The maximum Gasteiger partial charge on any atom is 0.355 e. The molecule has 3 aromatic carbocycles. The molecule has 2 N–H and O–H groups in total. The molecule has 4 heteroatoms. The molecule has 28 heavy (non-hydrogen) atoms. The van der Waals surface area contributed by atoms with E-state index in [0.29, 0.717) is 11.5 Å². The first-order chi connectivity index (χ1) is 13.6. The number of ketones is 1. The quantitative estimate of drug-likeness (QED) is 0.426. The molecule has 0 radical (unpaired) electrons. The first kappa shape index (κ1) is 17.7. The van der Waals surface area contributed by atoms with Crippen LogP contribution in [0.4, 0.5) is 5.95 Å². The average molecular weight is 368 g/mol. The first-order valence-corrected chi connectivity index (χ1v) is 9.22. The van der Waals surface area contributed by atoms with Crippen molar-refractivity contribution in [1.82, 2.24) is 4.57 Å². The molecule has 0 aliphatic carbocycles. The van der Waals surface area contributed by atoms with Crippen LogP contribution in [0, 0.1) is 0 Å². The van der Waals surface area contributed by atoms with Crippen LogP contribution in [0.5, 0.6) is 0 Å². The van der Waals surface area contributed by atoms with Gasteiger partial charge in [0.1, 0.15) is 18.4 Å². The van der Waals surface area contributed by atoms with Gasteiger partial charge in [0.25, 0.3) is 0 Å². The van der Waals surface area contributed by atoms with E-state index in [1.54, 1.807) is 4.57 Å². The summed E-state index contributed by atoms with van der Waals surface area (Å²) in [6.45, 7) is 0.214. The van der Waals surface area contributed by atoms with E-state index >= 15 is 0 Å². The van der Waals surface area contributed by atoms with Crippen molar-refractivity contribution in [3.63, 3.8) is 0 Å². The van der Waals surface area contributed by atoms with Gasteiger partial charge >= 0.3 is 5.95 Å². The van der Waals surface area contributed by atoms with Crippen LogP contribution >= 0.6 is 0 Å². The van der Waals surface area contributed by atoms with Crippen LogP contribution < -0.4 is 10.3 Å². The smallest absolute Gasteiger partial charge is 0.291 e. The normalized spacial score (nSPS) is 10.8. The zero-order valence-corrected chi connectivity index (χ0v) is 15.7. The third-order valence-corrected chi connectivity index (χ3v) is 4.97. The van der Waals surface area contributed by atoms with Gasteiger partial charge < -0.3 is 0 Å². The Hall–Kier alpha value is -3.66. The van der Waals surface area contributed by atoms with E-state index in [9.17, 15) is 4.79 Å². The molecule has 0 amide bonds. The number of rotatable bonds is 5. The number of imidazole rings is 1. The van der Waals surface area contributed by atoms with Crippen LogP contribution in [0.2, 0.25) is 0 Å². The zero-order chi connectivity index (χ0) is 19.5. The predicted octanol–water partition coefficient (Wildman–Crippen LogP) is 4.11. The van der Waals surface area contributed by atoms with Crippen LogP contribution in [0.15, 0.2) is 91.1 Å². The summed E-state index contributed by atoms with van der Waals surface area (Å²) in [7, 11) is 1.92. The Morgan fingerprint density at radius 3 is 2.00 bits per heavy atom. The molecule has 4 rings (SSSR count). The minimum Gasteiger partial charge on any atom is -0.291 e. The number of nitrogen functional groups attached to an aromatic ring is 1. The van der Waals surface area contributed by atoms with Crippen molar-refractivity contribution in [2.75, 3.05) is 5.73 Å². The van der Waals surface area contributed by atoms with Gasteiger partial charge in [-0.2, -0.15) is 0 Å². The van der Waals surface area contributed by atoms with Crippen LogP contribution in [0.1, 0.15) is 10.4 Å². The van der Waals surface area contributed by atoms with Gasteiger partial charge in [-0.25, -0.2) is 9.13 Å². The molecule has 0 saturated carbocycles. The highest BCUT2D eigenvalue weighted by Crippen LogP contribution is 2.25. The topological polar surface area (TPSA) is 51.9 Å². The third kappa shape index (κ3) is 3.45. The standard InChI is InChI=1S/C24H21N3O/c1-26-22(20-14-12-19(13-15-20)18-8-4-2-5-9-18)16-27(24(26)25)17-23(28)21-10-6-3-7-11-21/h2-16,25H,17H2,1H3/p+1. The summed E-state index contributed by atoms with van der Waals surface area (Å²) < 4.78 is 3.71. The Morgan fingerprint density at radius 2 is 1.36 bits per heavy atom. The van der Waals surface area contributed by atoms with Gasteiger partial charge in [-0.3, -0.25) is 10.5 Å². The van der Waals surface area contributed by atoms with Gasteiger partial charge in [0.05, 0.1) is 7.05 Å². The number of benzene rings is 3. The SMILES string of the molecule is Cn1c(-c2ccc(-c3ccccc3)cc2)c[n+](CC(=O)c2ccccc2)c1N. The molecule has 0 spiro atoms. The predicted molar refractivity (Wildman–Crippen MR) is 112 cm³/mol. The van der Waals surface area contributed by atoms with E-state index in [-0.39, 0.29) is 12.3 Å². The monoisotopic (exact) mass is 368 g/mol. The molecular formula is C24H22N3O+. The summed E-state index contributed by atoms with van der Waals surface area (Å²) in [4.78, 5) is 12.5. The first-order valence-electron chi connectivity index (χ1n) is 9.22. The molecule has 0 atom stereocenters. The van der Waals surface area contributed by atoms with E-state index in [1.807, 2.05) is 66.3 Å². The van der Waals surface area contributed by atoms with Gasteiger partial charge in [-0.15, -0.1) is 0 Å². The molecule has 0 saturated heterocycles. The summed E-state index contributed by atoms with van der Waals surface area (Å²) in [5.41, 5.74) is 11.3. The number of nitrogens with two attached hydrogens (primary N) is 1. The second-order valence-corrected chi connectivity index (χ2v) is 6.79. The average Bonchev–Trinajstić information content (AvgIpc) is 3.03. The van der Waals surface area contributed by atoms with E-state index in [0.717, 1.165) is 11.3 Å². The summed E-state index contributed by atoms with van der Waals surface area (Å²) in [6, 6.07) is 27.9. The second kappa shape index (κ2) is 7.53. The van der Waals surface area contributed by atoms with Gasteiger partial charge in [-0.05, 0) is 11.1 Å². The molecule has 0 aliphatic heterocycles. The molecule has 1 aromatic heterocycles. The molecule has 138 valence electrons. The minimum atomic E-state index is 0.0360. The Bertz CT molecular complexity index is 1100. The largest absolute Gasteiger partial charge is 0.355 e. The van der Waals surface area contributed by atoms with Gasteiger partial charge in [0.15, 0.2) is 5.78 Å². The van der Waals surface area contributed by atoms with Crippen molar-refractivity contribution >= 4 is 11.7 Å². The lowest BCUT2D eigenvalue weighted by Crippen LogP contribution is -2.39. The molecule has 0 bridgehead atoms.